The van der Waals surface area contributed by atoms with E-state index in [-0.39, 0.29) is 5.25 Å². The van der Waals surface area contributed by atoms with E-state index in [1.165, 1.54) is 24.3 Å². The molecule has 1 unspecified atom stereocenters. The minimum Gasteiger partial charge on any atom is -0.494 e. The lowest BCUT2D eigenvalue weighted by molar-refractivity contribution is 0.391. The fourth-order valence-electron chi connectivity index (χ4n) is 3.35. The number of aryl methyl sites for hydroxylation is 2. The van der Waals surface area contributed by atoms with Crippen molar-refractivity contribution in [1.29, 1.82) is 0 Å². The predicted octanol–water partition coefficient (Wildman–Crippen LogP) is 3.61. The highest BCUT2D eigenvalue weighted by atomic mass is 32.2. The molecule has 0 fully saturated rings. The second-order valence-electron chi connectivity index (χ2n) is 7.54. The van der Waals surface area contributed by atoms with Gasteiger partial charge in [0.05, 0.1) is 26.6 Å². The number of anilines is 1. The van der Waals surface area contributed by atoms with Gasteiger partial charge in [0, 0.05) is 24.4 Å². The molecule has 0 saturated heterocycles. The second-order valence-corrected chi connectivity index (χ2v) is 8.79. The maximum Gasteiger partial charge on any atom is 0.239 e. The summed E-state index contributed by atoms with van der Waals surface area (Å²) in [6.07, 6.45) is 2.87. The fourth-order valence-corrected chi connectivity index (χ4v) is 4.02. The van der Waals surface area contributed by atoms with Crippen molar-refractivity contribution in [3.63, 3.8) is 0 Å². The summed E-state index contributed by atoms with van der Waals surface area (Å²) in [5.74, 6) is 2.28. The summed E-state index contributed by atoms with van der Waals surface area (Å²) < 4.78 is 31.3. The Morgan fingerprint density at radius 1 is 1.12 bits per heavy atom. The summed E-state index contributed by atoms with van der Waals surface area (Å²) >= 11 is 1.43. The molecule has 178 valence electrons. The monoisotopic (exact) mass is 484 g/mol. The van der Waals surface area contributed by atoms with Crippen LogP contribution >= 0.6 is 11.9 Å². The number of rotatable bonds is 9. The molecule has 3 aromatic heterocycles. The molecule has 12 heteroatoms. The van der Waals surface area contributed by atoms with E-state index in [1.807, 2.05) is 49.7 Å². The Morgan fingerprint density at radius 3 is 2.38 bits per heavy atom. The molecule has 0 bridgehead atoms. The van der Waals surface area contributed by atoms with Gasteiger partial charge in [0.1, 0.15) is 28.7 Å². The zero-order chi connectivity index (χ0) is 24.2. The first-order valence-corrected chi connectivity index (χ1v) is 11.3. The van der Waals surface area contributed by atoms with Gasteiger partial charge < -0.3 is 9.47 Å². The number of hydrogen-bond donors (Lipinski definition) is 1. The van der Waals surface area contributed by atoms with Crippen LogP contribution in [0.25, 0.3) is 17.2 Å². The lowest BCUT2D eigenvalue weighted by atomic mass is 10.2. The Kier molecular flexibility index (Phi) is 6.96. The van der Waals surface area contributed by atoms with Gasteiger partial charge in [0.25, 0.3) is 0 Å². The summed E-state index contributed by atoms with van der Waals surface area (Å²) in [4.78, 5) is 8.07. The molecule has 0 amide bonds. The van der Waals surface area contributed by atoms with E-state index in [4.69, 9.17) is 9.47 Å². The molecule has 1 atom stereocenters. The van der Waals surface area contributed by atoms with E-state index >= 15 is 0 Å². The summed E-state index contributed by atoms with van der Waals surface area (Å²) in [6, 6.07) is 7.48. The minimum atomic E-state index is -0.460. The van der Waals surface area contributed by atoms with Crippen molar-refractivity contribution in [1.82, 2.24) is 34.5 Å². The first kappa shape index (κ1) is 23.5. The molecular formula is C22H25FN8O2S. The number of methoxy groups -OCH3 is 2. The minimum absolute atomic E-state index is 0.0516. The standard InChI is InChI=1S/C22H25FN8O2S/c1-13-9-16(28-30(13)3)21-26-27-22(29-34-14(2)10-19-24-11-15(23)12-25-19)31(21)20-17(32-4)7-6-8-18(20)33-5/h6-9,11-12,14H,10H2,1-5H3,(H,27,29). The Balaban J connectivity index is 1.70. The van der Waals surface area contributed by atoms with Crippen LogP contribution in [0.4, 0.5) is 10.3 Å². The van der Waals surface area contributed by atoms with Gasteiger partial charge in [0.2, 0.25) is 5.95 Å². The van der Waals surface area contributed by atoms with Gasteiger partial charge in [0.15, 0.2) is 11.6 Å². The Hall–Kier alpha value is -3.67. The smallest absolute Gasteiger partial charge is 0.239 e. The van der Waals surface area contributed by atoms with Crippen molar-refractivity contribution in [3.05, 3.63) is 54.0 Å². The zero-order valence-corrected chi connectivity index (χ0v) is 20.3. The molecule has 1 aromatic carbocycles. The zero-order valence-electron chi connectivity index (χ0n) is 19.5. The number of para-hydroxylation sites is 1. The van der Waals surface area contributed by atoms with Crippen molar-refractivity contribution in [2.24, 2.45) is 7.05 Å². The Bertz CT molecular complexity index is 1230. The van der Waals surface area contributed by atoms with Gasteiger partial charge in [-0.05, 0) is 37.1 Å². The highest BCUT2D eigenvalue weighted by molar-refractivity contribution is 8.01. The Morgan fingerprint density at radius 2 is 1.79 bits per heavy atom. The highest BCUT2D eigenvalue weighted by Gasteiger charge is 2.24. The number of nitrogens with zero attached hydrogens (tertiary/aromatic N) is 7. The molecule has 0 aliphatic heterocycles. The van der Waals surface area contributed by atoms with E-state index in [1.54, 1.807) is 18.9 Å². The number of aromatic nitrogens is 7. The molecule has 4 aromatic rings. The molecule has 0 spiro atoms. The number of ether oxygens (including phenoxy) is 2. The van der Waals surface area contributed by atoms with E-state index < -0.39 is 5.82 Å². The van der Waals surface area contributed by atoms with Gasteiger partial charge >= 0.3 is 0 Å². The fraction of sp³-hybridized carbons (Fsp3) is 0.318. The second kappa shape index (κ2) is 10.1. The molecule has 3 heterocycles. The maximum absolute atomic E-state index is 13.1. The number of halogens is 1. The van der Waals surface area contributed by atoms with Crippen LogP contribution in [0.5, 0.6) is 11.5 Å². The largest absolute Gasteiger partial charge is 0.494 e. The lowest BCUT2D eigenvalue weighted by Crippen LogP contribution is -2.11. The molecule has 0 radical (unpaired) electrons. The van der Waals surface area contributed by atoms with E-state index in [2.05, 4.69) is 30.0 Å². The summed E-state index contributed by atoms with van der Waals surface area (Å²) in [6.45, 7) is 3.98. The van der Waals surface area contributed by atoms with Crippen LogP contribution in [0, 0.1) is 12.7 Å². The van der Waals surface area contributed by atoms with Crippen molar-refractivity contribution in [2.75, 3.05) is 18.9 Å². The van der Waals surface area contributed by atoms with E-state index in [0.29, 0.717) is 46.9 Å². The van der Waals surface area contributed by atoms with E-state index in [9.17, 15) is 4.39 Å². The SMILES string of the molecule is COc1cccc(OC)c1-n1c(NSC(C)Cc2ncc(F)cn2)nnc1-c1cc(C)n(C)n1. The normalized spacial score (nSPS) is 11.9. The number of benzene rings is 1. The predicted molar refractivity (Wildman–Crippen MR) is 128 cm³/mol. The van der Waals surface area contributed by atoms with Crippen LogP contribution in [0.15, 0.2) is 36.7 Å². The molecule has 0 aliphatic rings. The van der Waals surface area contributed by atoms with Crippen LogP contribution < -0.4 is 14.2 Å². The molecular weight excluding hydrogens is 459 g/mol. The van der Waals surface area contributed by atoms with Crippen molar-refractivity contribution in [2.45, 2.75) is 25.5 Å². The number of hydrogen-bond acceptors (Lipinski definition) is 9. The van der Waals surface area contributed by atoms with Crippen molar-refractivity contribution in [3.8, 4) is 28.7 Å². The molecule has 0 saturated carbocycles. The van der Waals surface area contributed by atoms with Gasteiger partial charge in [-0.2, -0.15) is 5.10 Å². The maximum atomic E-state index is 13.1. The topological polar surface area (TPSA) is 105 Å². The van der Waals surface area contributed by atoms with Gasteiger partial charge in [-0.25, -0.2) is 14.4 Å². The van der Waals surface area contributed by atoms with Crippen molar-refractivity contribution < 1.29 is 13.9 Å². The van der Waals surface area contributed by atoms with Gasteiger partial charge in [-0.1, -0.05) is 13.0 Å². The van der Waals surface area contributed by atoms with Gasteiger partial charge in [-0.15, -0.1) is 10.2 Å². The molecule has 0 aliphatic carbocycles. The molecule has 34 heavy (non-hydrogen) atoms. The quantitative estimate of drug-likeness (QED) is 0.357. The lowest BCUT2D eigenvalue weighted by Gasteiger charge is -2.17. The summed E-state index contributed by atoms with van der Waals surface area (Å²) in [5, 5.41) is 13.4. The van der Waals surface area contributed by atoms with Crippen LogP contribution in [0.3, 0.4) is 0 Å². The third-order valence-corrected chi connectivity index (χ3v) is 6.00. The average Bonchev–Trinajstić information content (AvgIpc) is 3.41. The average molecular weight is 485 g/mol. The van der Waals surface area contributed by atoms with Crippen LogP contribution in [0.1, 0.15) is 18.4 Å². The highest BCUT2D eigenvalue weighted by Crippen LogP contribution is 2.38. The van der Waals surface area contributed by atoms with E-state index in [0.717, 1.165) is 5.69 Å². The van der Waals surface area contributed by atoms with Crippen molar-refractivity contribution >= 4 is 17.9 Å². The Labute approximate surface area is 200 Å². The third-order valence-electron chi connectivity index (χ3n) is 5.13. The molecule has 10 nitrogen and oxygen atoms in total. The molecule has 1 N–H and O–H groups in total. The summed E-state index contributed by atoms with van der Waals surface area (Å²) in [5.41, 5.74) is 2.29. The summed E-state index contributed by atoms with van der Waals surface area (Å²) in [7, 11) is 5.07. The third kappa shape index (κ3) is 4.81. The van der Waals surface area contributed by atoms with Crippen LogP contribution in [-0.2, 0) is 13.5 Å². The number of nitrogens with one attached hydrogen (secondary N) is 1. The van der Waals surface area contributed by atoms with Crippen LogP contribution in [-0.4, -0.2) is 54.0 Å². The molecule has 4 rings (SSSR count). The first-order chi connectivity index (χ1) is 16.4. The first-order valence-electron chi connectivity index (χ1n) is 10.5. The van der Waals surface area contributed by atoms with Crippen LogP contribution in [0.2, 0.25) is 0 Å². The van der Waals surface area contributed by atoms with Gasteiger partial charge in [-0.3, -0.25) is 14.0 Å².